The molecule has 0 radical (unpaired) electrons. The van der Waals surface area contributed by atoms with Gasteiger partial charge in [-0.2, -0.15) is 0 Å². The summed E-state index contributed by atoms with van der Waals surface area (Å²) in [5.74, 6) is 0.523. The predicted molar refractivity (Wildman–Crippen MR) is 80.0 cm³/mol. The fourth-order valence-electron chi connectivity index (χ4n) is 2.25. The van der Waals surface area contributed by atoms with Gasteiger partial charge in [0.2, 0.25) is 0 Å². The van der Waals surface area contributed by atoms with Gasteiger partial charge in [0.25, 0.3) is 0 Å². The first kappa shape index (κ1) is 13.5. The number of hydrogen-bond donors (Lipinski definition) is 0. The van der Waals surface area contributed by atoms with Gasteiger partial charge in [0.15, 0.2) is 5.82 Å². The highest BCUT2D eigenvalue weighted by Crippen LogP contribution is 2.26. The van der Waals surface area contributed by atoms with Crippen molar-refractivity contribution in [3.05, 3.63) is 42.5 Å². The first-order valence-corrected chi connectivity index (χ1v) is 6.95. The number of ether oxygens (including phenoxy) is 1. The summed E-state index contributed by atoms with van der Waals surface area (Å²) in [4.78, 5) is 13.5. The minimum Gasteiger partial charge on any atom is -0.443 e. The molecule has 1 aromatic heterocycles. The molecule has 1 aliphatic rings. The summed E-state index contributed by atoms with van der Waals surface area (Å²) >= 11 is 0. The first-order valence-electron chi connectivity index (χ1n) is 6.95. The lowest BCUT2D eigenvalue weighted by Gasteiger charge is -2.35. The summed E-state index contributed by atoms with van der Waals surface area (Å²) in [5.41, 5.74) is 1.37. The van der Waals surface area contributed by atoms with Gasteiger partial charge < -0.3 is 4.74 Å². The first-order chi connectivity index (χ1) is 10.1. The molecule has 0 spiro atoms. The molecule has 1 aliphatic heterocycles. The second kappa shape index (κ2) is 5.16. The van der Waals surface area contributed by atoms with Gasteiger partial charge >= 0.3 is 6.09 Å². The summed E-state index contributed by atoms with van der Waals surface area (Å²) in [6, 6.07) is 13.5. The Hall–Kier alpha value is -2.43. The smallest absolute Gasteiger partial charge is 0.416 e. The SMILES string of the molecule is CC1(C)CCN(c2ccc(-c3ccccc3)nn2)C(=O)O1. The maximum absolute atomic E-state index is 12.0. The summed E-state index contributed by atoms with van der Waals surface area (Å²) in [6.45, 7) is 4.41. The topological polar surface area (TPSA) is 55.3 Å². The Morgan fingerprint density at radius 1 is 1.10 bits per heavy atom. The molecule has 1 fully saturated rings. The van der Waals surface area contributed by atoms with Crippen LogP contribution in [0, 0.1) is 0 Å². The van der Waals surface area contributed by atoms with Crippen LogP contribution < -0.4 is 4.90 Å². The third-order valence-electron chi connectivity index (χ3n) is 3.52. The van der Waals surface area contributed by atoms with Crippen LogP contribution in [0.1, 0.15) is 20.3 Å². The van der Waals surface area contributed by atoms with Crippen molar-refractivity contribution in [2.45, 2.75) is 25.9 Å². The van der Waals surface area contributed by atoms with Gasteiger partial charge in [-0.05, 0) is 26.0 Å². The predicted octanol–water partition coefficient (Wildman–Crippen LogP) is 3.27. The lowest BCUT2D eigenvalue weighted by atomic mass is 10.0. The largest absolute Gasteiger partial charge is 0.443 e. The molecule has 0 N–H and O–H groups in total. The fraction of sp³-hybridized carbons (Fsp3) is 0.312. The van der Waals surface area contributed by atoms with Crippen LogP contribution in [0.15, 0.2) is 42.5 Å². The maximum Gasteiger partial charge on any atom is 0.416 e. The van der Waals surface area contributed by atoms with Crippen molar-refractivity contribution in [3.63, 3.8) is 0 Å². The van der Waals surface area contributed by atoms with E-state index < -0.39 is 5.60 Å². The number of amides is 1. The van der Waals surface area contributed by atoms with E-state index in [0.29, 0.717) is 12.4 Å². The third-order valence-corrected chi connectivity index (χ3v) is 3.52. The van der Waals surface area contributed by atoms with Crippen LogP contribution >= 0.6 is 0 Å². The molecule has 0 aliphatic carbocycles. The number of carbonyl (C=O) groups excluding carboxylic acids is 1. The van der Waals surface area contributed by atoms with Crippen molar-refractivity contribution in [2.75, 3.05) is 11.4 Å². The molecule has 0 bridgehead atoms. The van der Waals surface area contributed by atoms with Crippen LogP contribution in [0.5, 0.6) is 0 Å². The average Bonchev–Trinajstić information content (AvgIpc) is 2.48. The molecule has 0 saturated carbocycles. The highest BCUT2D eigenvalue weighted by molar-refractivity contribution is 5.87. The van der Waals surface area contributed by atoms with E-state index in [1.807, 2.05) is 50.2 Å². The number of hydrogen-bond acceptors (Lipinski definition) is 4. The number of carbonyl (C=O) groups is 1. The Bertz CT molecular complexity index is 638. The van der Waals surface area contributed by atoms with Crippen LogP contribution in [0.3, 0.4) is 0 Å². The van der Waals surface area contributed by atoms with E-state index >= 15 is 0 Å². The van der Waals surface area contributed by atoms with Crippen LogP contribution in [-0.2, 0) is 4.74 Å². The van der Waals surface area contributed by atoms with E-state index in [1.165, 1.54) is 4.90 Å². The third kappa shape index (κ3) is 2.86. The van der Waals surface area contributed by atoms with Crippen LogP contribution in [-0.4, -0.2) is 28.4 Å². The second-order valence-corrected chi connectivity index (χ2v) is 5.67. The van der Waals surface area contributed by atoms with Crippen LogP contribution in [0.2, 0.25) is 0 Å². The van der Waals surface area contributed by atoms with Crippen molar-refractivity contribution in [3.8, 4) is 11.3 Å². The van der Waals surface area contributed by atoms with Crippen molar-refractivity contribution >= 4 is 11.9 Å². The molecule has 108 valence electrons. The Morgan fingerprint density at radius 2 is 1.86 bits per heavy atom. The van der Waals surface area contributed by atoms with Crippen molar-refractivity contribution in [2.24, 2.45) is 0 Å². The Labute approximate surface area is 123 Å². The van der Waals surface area contributed by atoms with E-state index in [9.17, 15) is 4.79 Å². The van der Waals surface area contributed by atoms with Crippen LogP contribution in [0.4, 0.5) is 10.6 Å². The molecule has 2 aromatic rings. The molecular formula is C16H17N3O2. The Balaban J connectivity index is 1.80. The minimum atomic E-state index is -0.412. The van der Waals surface area contributed by atoms with Gasteiger partial charge in [-0.1, -0.05) is 30.3 Å². The zero-order chi connectivity index (χ0) is 14.9. The maximum atomic E-state index is 12.0. The van der Waals surface area contributed by atoms with Crippen LogP contribution in [0.25, 0.3) is 11.3 Å². The molecule has 5 heteroatoms. The van der Waals surface area contributed by atoms with E-state index in [0.717, 1.165) is 17.7 Å². The zero-order valence-corrected chi connectivity index (χ0v) is 12.1. The molecule has 0 unspecified atom stereocenters. The highest BCUT2D eigenvalue weighted by atomic mass is 16.6. The zero-order valence-electron chi connectivity index (χ0n) is 12.1. The summed E-state index contributed by atoms with van der Waals surface area (Å²) < 4.78 is 5.37. The average molecular weight is 283 g/mol. The lowest BCUT2D eigenvalue weighted by Crippen LogP contribution is -2.47. The number of benzene rings is 1. The van der Waals surface area contributed by atoms with Gasteiger partial charge in [0.05, 0.1) is 5.69 Å². The lowest BCUT2D eigenvalue weighted by molar-refractivity contribution is 0.0234. The van der Waals surface area contributed by atoms with E-state index in [2.05, 4.69) is 10.2 Å². The van der Waals surface area contributed by atoms with Gasteiger partial charge in [0, 0.05) is 18.5 Å². The summed E-state index contributed by atoms with van der Waals surface area (Å²) in [5, 5.41) is 8.35. The molecule has 3 rings (SSSR count). The van der Waals surface area contributed by atoms with Crippen molar-refractivity contribution < 1.29 is 9.53 Å². The molecule has 5 nitrogen and oxygen atoms in total. The van der Waals surface area contributed by atoms with Crippen molar-refractivity contribution in [1.29, 1.82) is 0 Å². The standard InChI is InChI=1S/C16H17N3O2/c1-16(2)10-11-19(15(20)21-16)14-9-8-13(17-18-14)12-6-4-3-5-7-12/h3-9H,10-11H2,1-2H3. The molecular weight excluding hydrogens is 266 g/mol. The second-order valence-electron chi connectivity index (χ2n) is 5.67. The summed E-state index contributed by atoms with van der Waals surface area (Å²) in [6.07, 6.45) is 0.397. The van der Waals surface area contributed by atoms with E-state index in [4.69, 9.17) is 4.74 Å². The molecule has 2 heterocycles. The minimum absolute atomic E-state index is 0.368. The van der Waals surface area contributed by atoms with Gasteiger partial charge in [-0.25, -0.2) is 4.79 Å². The normalized spacial score (nSPS) is 17.4. The molecule has 21 heavy (non-hydrogen) atoms. The van der Waals surface area contributed by atoms with E-state index in [1.54, 1.807) is 6.07 Å². The number of anilines is 1. The monoisotopic (exact) mass is 283 g/mol. The molecule has 1 saturated heterocycles. The van der Waals surface area contributed by atoms with Crippen molar-refractivity contribution in [1.82, 2.24) is 10.2 Å². The van der Waals surface area contributed by atoms with Gasteiger partial charge in [-0.3, -0.25) is 4.90 Å². The summed E-state index contributed by atoms with van der Waals surface area (Å²) in [7, 11) is 0. The van der Waals surface area contributed by atoms with Gasteiger partial charge in [-0.15, -0.1) is 10.2 Å². The molecule has 0 atom stereocenters. The van der Waals surface area contributed by atoms with Gasteiger partial charge in [0.1, 0.15) is 5.60 Å². The quantitative estimate of drug-likeness (QED) is 0.848. The van der Waals surface area contributed by atoms with E-state index in [-0.39, 0.29) is 6.09 Å². The fourth-order valence-corrected chi connectivity index (χ4v) is 2.25. The number of nitrogens with zero attached hydrogens (tertiary/aromatic N) is 3. The number of rotatable bonds is 2. The Kier molecular flexibility index (Phi) is 3.33. The Morgan fingerprint density at radius 3 is 2.48 bits per heavy atom. The number of aromatic nitrogens is 2. The number of cyclic esters (lactones) is 1. The molecule has 1 amide bonds. The molecule has 1 aromatic carbocycles. The highest BCUT2D eigenvalue weighted by Gasteiger charge is 2.34.